The number of ether oxygens (including phenoxy) is 2. The number of guanidine groups is 1. The van der Waals surface area contributed by atoms with Crippen LogP contribution >= 0.6 is 24.0 Å². The zero-order valence-electron chi connectivity index (χ0n) is 15.8. The van der Waals surface area contributed by atoms with E-state index >= 15 is 0 Å². The number of methoxy groups -OCH3 is 2. The van der Waals surface area contributed by atoms with Crippen LogP contribution in [0.4, 0.5) is 0 Å². The first kappa shape index (κ1) is 22.0. The van der Waals surface area contributed by atoms with Gasteiger partial charge in [-0.3, -0.25) is 4.99 Å². The molecule has 2 rings (SSSR count). The Labute approximate surface area is 171 Å². The molecule has 0 unspecified atom stereocenters. The molecule has 1 aromatic carbocycles. The van der Waals surface area contributed by atoms with Gasteiger partial charge in [0.05, 0.1) is 14.2 Å². The van der Waals surface area contributed by atoms with Crippen LogP contribution in [-0.4, -0.2) is 55.9 Å². The number of benzene rings is 1. The average molecular weight is 475 g/mol. The zero-order chi connectivity index (χ0) is 18.2. The van der Waals surface area contributed by atoms with Crippen molar-refractivity contribution >= 4 is 29.9 Å². The van der Waals surface area contributed by atoms with Crippen molar-refractivity contribution in [3.63, 3.8) is 0 Å². The minimum Gasteiger partial charge on any atom is -0.497 e. The second kappa shape index (κ2) is 10.8. The number of rotatable bonds is 7. The number of aryl methyl sites for hydroxylation is 1. The highest BCUT2D eigenvalue weighted by molar-refractivity contribution is 14.0. The first-order valence-electron chi connectivity index (χ1n) is 7.99. The normalized spacial score (nSPS) is 10.9. The van der Waals surface area contributed by atoms with Crippen LogP contribution in [0.1, 0.15) is 17.3 Å². The van der Waals surface area contributed by atoms with Gasteiger partial charge in [-0.1, -0.05) is 5.16 Å². The van der Waals surface area contributed by atoms with Crippen LogP contribution in [0.3, 0.4) is 0 Å². The van der Waals surface area contributed by atoms with Gasteiger partial charge in [0.15, 0.2) is 11.8 Å². The minimum atomic E-state index is 0. The quantitative estimate of drug-likeness (QED) is 0.374. The molecule has 1 N–H and O–H groups in total. The smallest absolute Gasteiger partial charge is 0.228 e. The number of aromatic nitrogens is 2. The predicted molar refractivity (Wildman–Crippen MR) is 111 cm³/mol. The van der Waals surface area contributed by atoms with Gasteiger partial charge >= 0.3 is 0 Å². The van der Waals surface area contributed by atoms with Crippen LogP contribution in [0.2, 0.25) is 0 Å². The maximum atomic E-state index is 5.45. The van der Waals surface area contributed by atoms with Crippen LogP contribution < -0.4 is 14.8 Å². The fourth-order valence-electron chi connectivity index (χ4n) is 2.42. The Morgan fingerprint density at radius 3 is 2.65 bits per heavy atom. The lowest BCUT2D eigenvalue weighted by Crippen LogP contribution is -2.39. The molecular formula is C17H26IN5O3. The van der Waals surface area contributed by atoms with E-state index in [0.717, 1.165) is 23.0 Å². The van der Waals surface area contributed by atoms with Crippen molar-refractivity contribution in [3.05, 3.63) is 35.5 Å². The van der Waals surface area contributed by atoms with E-state index in [-0.39, 0.29) is 24.0 Å². The fourth-order valence-corrected chi connectivity index (χ4v) is 2.42. The summed E-state index contributed by atoms with van der Waals surface area (Å²) in [5.41, 5.74) is 1.04. The van der Waals surface area contributed by atoms with Gasteiger partial charge in [-0.2, -0.15) is 4.98 Å². The third kappa shape index (κ3) is 6.04. The van der Waals surface area contributed by atoms with Crippen LogP contribution in [0.5, 0.6) is 11.5 Å². The van der Waals surface area contributed by atoms with Gasteiger partial charge in [0, 0.05) is 45.2 Å². The van der Waals surface area contributed by atoms with E-state index in [1.807, 2.05) is 30.1 Å². The Bertz CT molecular complexity index is 720. The van der Waals surface area contributed by atoms with E-state index in [2.05, 4.69) is 20.4 Å². The molecule has 0 saturated heterocycles. The maximum Gasteiger partial charge on any atom is 0.228 e. The van der Waals surface area contributed by atoms with E-state index in [0.29, 0.717) is 31.2 Å². The first-order chi connectivity index (χ1) is 12.1. The van der Waals surface area contributed by atoms with Gasteiger partial charge in [0.2, 0.25) is 5.89 Å². The van der Waals surface area contributed by atoms with Crippen molar-refractivity contribution in [2.75, 3.05) is 34.9 Å². The lowest BCUT2D eigenvalue weighted by molar-refractivity contribution is 0.372. The van der Waals surface area contributed by atoms with Crippen LogP contribution in [0.25, 0.3) is 0 Å². The third-order valence-electron chi connectivity index (χ3n) is 3.67. The summed E-state index contributed by atoms with van der Waals surface area (Å²) in [5, 5.41) is 7.07. The van der Waals surface area contributed by atoms with E-state index in [1.165, 1.54) is 0 Å². The summed E-state index contributed by atoms with van der Waals surface area (Å²) in [4.78, 5) is 10.5. The second-order valence-electron chi connectivity index (χ2n) is 5.49. The predicted octanol–water partition coefficient (Wildman–Crippen LogP) is 2.26. The van der Waals surface area contributed by atoms with Crippen molar-refractivity contribution in [1.29, 1.82) is 0 Å². The topological polar surface area (TPSA) is 85.0 Å². The first-order valence-corrected chi connectivity index (χ1v) is 7.99. The molecule has 0 spiro atoms. The summed E-state index contributed by atoms with van der Waals surface area (Å²) in [6.45, 7) is 3.10. The Kier molecular flexibility index (Phi) is 9.17. The second-order valence-corrected chi connectivity index (χ2v) is 5.49. The number of nitrogens with zero attached hydrogens (tertiary/aromatic N) is 4. The lowest BCUT2D eigenvalue weighted by Gasteiger charge is -2.23. The minimum absolute atomic E-state index is 0. The SMILES string of the molecule is CN=C(NCCc1nc(C)no1)N(C)Cc1ccc(OC)cc1OC.I. The molecule has 0 fully saturated rings. The molecule has 144 valence electrons. The Hall–Kier alpha value is -2.04. The molecule has 2 aromatic rings. The van der Waals surface area contributed by atoms with E-state index < -0.39 is 0 Å². The molecule has 0 atom stereocenters. The van der Waals surface area contributed by atoms with Crippen molar-refractivity contribution < 1.29 is 14.0 Å². The summed E-state index contributed by atoms with van der Waals surface area (Å²) >= 11 is 0. The lowest BCUT2D eigenvalue weighted by atomic mass is 10.2. The van der Waals surface area contributed by atoms with Crippen molar-refractivity contribution in [2.24, 2.45) is 4.99 Å². The molecular weight excluding hydrogens is 449 g/mol. The van der Waals surface area contributed by atoms with E-state index in [9.17, 15) is 0 Å². The molecule has 0 aliphatic rings. The fraction of sp³-hybridized carbons (Fsp3) is 0.471. The molecule has 0 radical (unpaired) electrons. The standard InChI is InChI=1S/C17H25N5O3.HI/c1-12-20-16(25-21-12)8-9-19-17(18-2)22(3)11-13-6-7-14(23-4)10-15(13)24-5;/h6-7,10H,8-9,11H2,1-5H3,(H,18,19);1H. The van der Waals surface area contributed by atoms with Gasteiger partial charge in [0.1, 0.15) is 11.5 Å². The van der Waals surface area contributed by atoms with Gasteiger partial charge < -0.3 is 24.2 Å². The molecule has 1 heterocycles. The molecule has 0 aliphatic carbocycles. The number of halogens is 1. The molecule has 26 heavy (non-hydrogen) atoms. The summed E-state index contributed by atoms with van der Waals surface area (Å²) in [6.07, 6.45) is 0.638. The maximum absolute atomic E-state index is 5.45. The molecule has 9 heteroatoms. The number of nitrogens with one attached hydrogen (secondary N) is 1. The third-order valence-corrected chi connectivity index (χ3v) is 3.67. The summed E-state index contributed by atoms with van der Waals surface area (Å²) < 4.78 is 15.8. The molecule has 0 saturated carbocycles. The highest BCUT2D eigenvalue weighted by Gasteiger charge is 2.11. The molecule has 1 aromatic heterocycles. The summed E-state index contributed by atoms with van der Waals surface area (Å²) in [7, 11) is 7.01. The summed E-state index contributed by atoms with van der Waals surface area (Å²) in [6, 6.07) is 5.78. The van der Waals surface area contributed by atoms with Crippen molar-refractivity contribution in [3.8, 4) is 11.5 Å². The number of hydrogen-bond donors (Lipinski definition) is 1. The van der Waals surface area contributed by atoms with E-state index in [1.54, 1.807) is 28.2 Å². The Morgan fingerprint density at radius 1 is 1.31 bits per heavy atom. The molecule has 0 aliphatic heterocycles. The highest BCUT2D eigenvalue weighted by Crippen LogP contribution is 2.25. The van der Waals surface area contributed by atoms with Crippen molar-refractivity contribution in [1.82, 2.24) is 20.4 Å². The summed E-state index contributed by atoms with van der Waals surface area (Å²) in [5.74, 6) is 3.57. The highest BCUT2D eigenvalue weighted by atomic mass is 127. The van der Waals surface area contributed by atoms with Crippen LogP contribution in [-0.2, 0) is 13.0 Å². The zero-order valence-corrected chi connectivity index (χ0v) is 18.1. The van der Waals surface area contributed by atoms with Gasteiger partial charge in [-0.15, -0.1) is 24.0 Å². The molecule has 0 amide bonds. The van der Waals surface area contributed by atoms with Gasteiger partial charge in [0.25, 0.3) is 0 Å². The number of aliphatic imine (C=N–C) groups is 1. The molecule has 8 nitrogen and oxygen atoms in total. The Balaban J connectivity index is 0.00000338. The average Bonchev–Trinajstić information content (AvgIpc) is 3.04. The van der Waals surface area contributed by atoms with Gasteiger partial charge in [-0.25, -0.2) is 0 Å². The number of hydrogen-bond acceptors (Lipinski definition) is 6. The van der Waals surface area contributed by atoms with Crippen LogP contribution in [0.15, 0.2) is 27.7 Å². The van der Waals surface area contributed by atoms with Crippen molar-refractivity contribution in [2.45, 2.75) is 19.9 Å². The van der Waals surface area contributed by atoms with E-state index in [4.69, 9.17) is 14.0 Å². The van der Waals surface area contributed by atoms with Crippen LogP contribution in [0, 0.1) is 6.92 Å². The largest absolute Gasteiger partial charge is 0.497 e. The Morgan fingerprint density at radius 2 is 2.08 bits per heavy atom. The monoisotopic (exact) mass is 475 g/mol. The van der Waals surface area contributed by atoms with Gasteiger partial charge in [-0.05, 0) is 19.1 Å². The molecule has 0 bridgehead atoms.